The Morgan fingerprint density at radius 3 is 2.55 bits per heavy atom. The van der Waals surface area contributed by atoms with Gasteiger partial charge in [0.05, 0.1) is 24.4 Å². The van der Waals surface area contributed by atoms with Gasteiger partial charge in [-0.1, -0.05) is 54.1 Å². The number of nitrogens with zero attached hydrogens (tertiary/aromatic N) is 2. The predicted molar refractivity (Wildman–Crippen MR) is 161 cm³/mol. The van der Waals surface area contributed by atoms with Gasteiger partial charge in [-0.2, -0.15) is 0 Å². The topological polar surface area (TPSA) is 71.5 Å². The first kappa shape index (κ1) is 27.9. The molecule has 0 saturated carbocycles. The van der Waals surface area contributed by atoms with E-state index in [-0.39, 0.29) is 22.7 Å². The monoisotopic (exact) mass is 595 g/mol. The lowest BCUT2D eigenvalue weighted by Crippen LogP contribution is -2.31. The molecule has 0 unspecified atom stereocenters. The molecule has 5 aromatic rings. The summed E-state index contributed by atoms with van der Waals surface area (Å²) in [5.41, 5.74) is 2.84. The maximum absolute atomic E-state index is 15.6. The van der Waals surface area contributed by atoms with Crippen LogP contribution in [0.2, 0.25) is 5.02 Å². The van der Waals surface area contributed by atoms with Crippen LogP contribution in [0, 0.1) is 12.7 Å². The number of rotatable bonds is 9. The number of methoxy groups -OCH3 is 1. The van der Waals surface area contributed by atoms with Crippen molar-refractivity contribution in [1.29, 1.82) is 0 Å². The van der Waals surface area contributed by atoms with E-state index in [1.165, 1.54) is 6.20 Å². The normalized spacial score (nSPS) is 12.3. The van der Waals surface area contributed by atoms with Gasteiger partial charge >= 0.3 is 0 Å². The van der Waals surface area contributed by atoms with Crippen LogP contribution in [0.3, 0.4) is 0 Å². The Kier molecular flexibility index (Phi) is 7.98. The van der Waals surface area contributed by atoms with E-state index in [1.807, 2.05) is 56.3 Å². The number of nitrogens with one attached hydrogen (secondary N) is 1. The Labute approximate surface area is 242 Å². The fourth-order valence-corrected chi connectivity index (χ4v) is 7.10. The van der Waals surface area contributed by atoms with Gasteiger partial charge < -0.3 is 10.1 Å². The highest BCUT2D eigenvalue weighted by Crippen LogP contribution is 2.35. The number of sulfonamides is 1. The lowest BCUT2D eigenvalue weighted by atomic mass is 10.0. The fraction of sp³-hybridized carbons (Fsp3) is 0.167. The van der Waals surface area contributed by atoms with Gasteiger partial charge in [-0.15, -0.1) is 11.3 Å². The molecule has 0 aliphatic carbocycles. The molecule has 0 aliphatic heterocycles. The molecule has 1 heterocycles. The molecule has 1 atom stereocenters. The maximum atomic E-state index is 15.6. The number of ether oxygens (including phenoxy) is 1. The molecule has 5 rings (SSSR count). The van der Waals surface area contributed by atoms with E-state index in [2.05, 4.69) is 16.4 Å². The van der Waals surface area contributed by atoms with Crippen molar-refractivity contribution in [2.24, 2.45) is 0 Å². The minimum atomic E-state index is -4.37. The highest BCUT2D eigenvalue weighted by Gasteiger charge is 2.31. The van der Waals surface area contributed by atoms with Gasteiger partial charge in [0.2, 0.25) is 0 Å². The van der Waals surface area contributed by atoms with E-state index >= 15 is 4.39 Å². The Balaban J connectivity index is 1.46. The second-order valence-electron chi connectivity index (χ2n) is 9.35. The van der Waals surface area contributed by atoms with Gasteiger partial charge in [-0.3, -0.25) is 0 Å². The molecule has 0 spiro atoms. The summed E-state index contributed by atoms with van der Waals surface area (Å²) >= 11 is 7.69. The number of benzene rings is 4. The molecule has 0 aliphatic rings. The molecular formula is C30H27ClFN3O3S2. The van der Waals surface area contributed by atoms with E-state index in [1.54, 1.807) is 24.6 Å². The molecule has 1 aromatic heterocycles. The van der Waals surface area contributed by atoms with Gasteiger partial charge in [0.25, 0.3) is 10.0 Å². The van der Waals surface area contributed by atoms with Gasteiger partial charge in [-0.25, -0.2) is 22.1 Å². The van der Waals surface area contributed by atoms with Gasteiger partial charge in [0.1, 0.15) is 16.5 Å². The standard InChI is InChI=1S/C30H27ClFN3O3S2/c1-19-14-25(38-3)11-10-24(19)18-35(30-33-12-13-39-30)40(36,37)29-16-26(31)28(17-27(29)32)34-20(2)22-9-8-21-6-4-5-7-23(21)15-22/h4-17,20,34H,18H2,1-3H3/t20-/m0/s1. The predicted octanol–water partition coefficient (Wildman–Crippen LogP) is 7.97. The summed E-state index contributed by atoms with van der Waals surface area (Å²) in [5.74, 6) is -0.255. The molecule has 6 nitrogen and oxygen atoms in total. The fourth-order valence-electron chi connectivity index (χ4n) is 4.47. The zero-order chi connectivity index (χ0) is 28.4. The van der Waals surface area contributed by atoms with Gasteiger partial charge in [-0.05, 0) is 71.6 Å². The van der Waals surface area contributed by atoms with Crippen LogP contribution in [0.15, 0.2) is 89.3 Å². The largest absolute Gasteiger partial charge is 0.497 e. The summed E-state index contributed by atoms with van der Waals surface area (Å²) < 4.78 is 49.7. The van der Waals surface area contributed by atoms with Crippen molar-refractivity contribution < 1.29 is 17.5 Å². The van der Waals surface area contributed by atoms with Crippen LogP contribution in [-0.2, 0) is 16.6 Å². The number of halogens is 2. The Morgan fingerprint density at radius 1 is 1.07 bits per heavy atom. The van der Waals surface area contributed by atoms with E-state index in [9.17, 15) is 8.42 Å². The molecule has 10 heteroatoms. The molecule has 1 N–H and O–H groups in total. The van der Waals surface area contributed by atoms with Gasteiger partial charge in [0, 0.05) is 17.6 Å². The summed E-state index contributed by atoms with van der Waals surface area (Å²) in [4.78, 5) is 3.68. The molecule has 4 aromatic carbocycles. The van der Waals surface area contributed by atoms with Crippen molar-refractivity contribution in [1.82, 2.24) is 4.98 Å². The van der Waals surface area contributed by atoms with Crippen molar-refractivity contribution >= 4 is 54.6 Å². The number of thiazole rings is 1. The lowest BCUT2D eigenvalue weighted by molar-refractivity contribution is 0.414. The van der Waals surface area contributed by atoms with Crippen molar-refractivity contribution in [3.8, 4) is 5.75 Å². The number of hydrogen-bond acceptors (Lipinski definition) is 6. The number of hydrogen-bond donors (Lipinski definition) is 1. The average molecular weight is 596 g/mol. The number of anilines is 2. The van der Waals surface area contributed by atoms with Crippen LogP contribution < -0.4 is 14.4 Å². The zero-order valence-electron chi connectivity index (χ0n) is 22.1. The van der Waals surface area contributed by atoms with E-state index in [4.69, 9.17) is 16.3 Å². The summed E-state index contributed by atoms with van der Waals surface area (Å²) in [5, 5.41) is 7.41. The van der Waals surface area contributed by atoms with Crippen molar-refractivity contribution in [3.63, 3.8) is 0 Å². The van der Waals surface area contributed by atoms with Crippen molar-refractivity contribution in [3.05, 3.63) is 112 Å². The van der Waals surface area contributed by atoms with Crippen LogP contribution in [0.5, 0.6) is 5.75 Å². The Bertz CT molecular complexity index is 1780. The minimum Gasteiger partial charge on any atom is -0.497 e. The first-order chi connectivity index (χ1) is 19.2. The third-order valence-corrected chi connectivity index (χ3v) is 9.71. The van der Waals surface area contributed by atoms with Crippen molar-refractivity contribution in [2.45, 2.75) is 31.3 Å². The smallest absolute Gasteiger partial charge is 0.269 e. The molecule has 0 saturated heterocycles. The quantitative estimate of drug-likeness (QED) is 0.187. The molecule has 0 radical (unpaired) electrons. The van der Waals surface area contributed by atoms with E-state index in [0.717, 1.165) is 55.2 Å². The molecular weight excluding hydrogens is 569 g/mol. The first-order valence-corrected chi connectivity index (χ1v) is 15.2. The van der Waals surface area contributed by atoms with E-state index < -0.39 is 20.7 Å². The zero-order valence-corrected chi connectivity index (χ0v) is 24.4. The molecule has 0 fully saturated rings. The molecule has 0 amide bonds. The SMILES string of the molecule is COc1ccc(CN(c2nccs2)S(=O)(=O)c2cc(Cl)c(N[C@@H](C)c3ccc4ccccc4c3)cc2F)c(C)c1. The highest BCUT2D eigenvalue weighted by atomic mass is 35.5. The van der Waals surface area contributed by atoms with Crippen LogP contribution in [0.25, 0.3) is 10.8 Å². The third kappa shape index (κ3) is 5.63. The summed E-state index contributed by atoms with van der Waals surface area (Å²) in [7, 11) is -2.80. The van der Waals surface area contributed by atoms with Crippen LogP contribution in [0.4, 0.5) is 15.2 Å². The van der Waals surface area contributed by atoms with Crippen LogP contribution >= 0.6 is 22.9 Å². The molecule has 0 bridgehead atoms. The second-order valence-corrected chi connectivity index (χ2v) is 12.5. The summed E-state index contributed by atoms with van der Waals surface area (Å²) in [6, 6.07) is 21.5. The third-order valence-electron chi connectivity index (χ3n) is 6.73. The number of fused-ring (bicyclic) bond motifs is 1. The van der Waals surface area contributed by atoms with E-state index in [0.29, 0.717) is 11.4 Å². The minimum absolute atomic E-state index is 0.0399. The number of aryl methyl sites for hydroxylation is 1. The van der Waals surface area contributed by atoms with Crippen molar-refractivity contribution in [2.75, 3.05) is 16.7 Å². The average Bonchev–Trinajstić information content (AvgIpc) is 3.48. The lowest BCUT2D eigenvalue weighted by Gasteiger charge is -2.24. The molecule has 40 heavy (non-hydrogen) atoms. The van der Waals surface area contributed by atoms with Crippen LogP contribution in [0.1, 0.15) is 29.7 Å². The summed E-state index contributed by atoms with van der Waals surface area (Å²) in [6.07, 6.45) is 1.51. The Morgan fingerprint density at radius 2 is 1.85 bits per heavy atom. The molecule has 206 valence electrons. The van der Waals surface area contributed by atoms with Gasteiger partial charge in [0.15, 0.2) is 5.13 Å². The van der Waals surface area contributed by atoms with Crippen LogP contribution in [-0.4, -0.2) is 20.5 Å². The highest BCUT2D eigenvalue weighted by molar-refractivity contribution is 7.93. The Hall–Kier alpha value is -3.66. The second kappa shape index (κ2) is 11.4. The number of aromatic nitrogens is 1. The maximum Gasteiger partial charge on any atom is 0.269 e. The first-order valence-electron chi connectivity index (χ1n) is 12.5. The summed E-state index contributed by atoms with van der Waals surface area (Å²) in [6.45, 7) is 3.76.